The van der Waals surface area contributed by atoms with Gasteiger partial charge in [-0.3, -0.25) is 4.79 Å². The van der Waals surface area contributed by atoms with Gasteiger partial charge in [-0.25, -0.2) is 0 Å². The van der Waals surface area contributed by atoms with Crippen LogP contribution in [0.2, 0.25) is 0 Å². The van der Waals surface area contributed by atoms with E-state index in [2.05, 4.69) is 4.98 Å². The minimum Gasteiger partial charge on any atom is -0.497 e. The van der Waals surface area contributed by atoms with Crippen LogP contribution in [0.1, 0.15) is 27.2 Å². The third kappa shape index (κ3) is 2.35. The maximum Gasteiger partial charge on any atom is 0.254 e. The topological polar surface area (TPSA) is 45.3 Å². The minimum atomic E-state index is 0.107. The largest absolute Gasteiger partial charge is 0.497 e. The Kier molecular flexibility index (Phi) is 3.53. The van der Waals surface area contributed by atoms with Crippen LogP contribution in [0, 0.1) is 6.92 Å². The second-order valence-corrected chi connectivity index (χ2v) is 6.29. The molecule has 0 radical (unpaired) electrons. The third-order valence-corrected chi connectivity index (χ3v) is 4.85. The number of aromatic amines is 1. The molecule has 0 fully saturated rings. The van der Waals surface area contributed by atoms with Crippen LogP contribution in [0.4, 0.5) is 0 Å². The average molecular weight is 320 g/mol. The Balaban J connectivity index is 1.70. The van der Waals surface area contributed by atoms with Crippen molar-refractivity contribution in [1.29, 1.82) is 0 Å². The van der Waals surface area contributed by atoms with E-state index >= 15 is 0 Å². The number of amides is 1. The summed E-state index contributed by atoms with van der Waals surface area (Å²) in [5.74, 6) is 0.947. The summed E-state index contributed by atoms with van der Waals surface area (Å²) in [5, 5.41) is 1.15. The van der Waals surface area contributed by atoms with Gasteiger partial charge < -0.3 is 14.6 Å². The highest BCUT2D eigenvalue weighted by atomic mass is 16.5. The number of hydrogen-bond donors (Lipinski definition) is 1. The summed E-state index contributed by atoms with van der Waals surface area (Å²) in [6.07, 6.45) is 0.851. The van der Waals surface area contributed by atoms with Gasteiger partial charge in [0, 0.05) is 47.2 Å². The number of carbonyl (C=O) groups excluding carboxylic acids is 1. The van der Waals surface area contributed by atoms with Crippen molar-refractivity contribution in [2.75, 3.05) is 13.7 Å². The molecule has 24 heavy (non-hydrogen) atoms. The Hall–Kier alpha value is -2.75. The number of ether oxygens (including phenoxy) is 1. The highest BCUT2D eigenvalue weighted by Crippen LogP contribution is 2.31. The second-order valence-electron chi connectivity index (χ2n) is 6.29. The Morgan fingerprint density at radius 2 is 2.04 bits per heavy atom. The van der Waals surface area contributed by atoms with Crippen LogP contribution in [0.3, 0.4) is 0 Å². The van der Waals surface area contributed by atoms with Crippen LogP contribution in [-0.2, 0) is 13.0 Å². The van der Waals surface area contributed by atoms with E-state index in [1.807, 2.05) is 54.3 Å². The number of nitrogens with zero attached hydrogens (tertiary/aromatic N) is 1. The lowest BCUT2D eigenvalue weighted by molar-refractivity contribution is 0.0734. The molecule has 1 aromatic heterocycles. The lowest BCUT2D eigenvalue weighted by Gasteiger charge is -2.28. The van der Waals surface area contributed by atoms with Crippen molar-refractivity contribution in [3.63, 3.8) is 0 Å². The zero-order valence-corrected chi connectivity index (χ0v) is 13.9. The summed E-state index contributed by atoms with van der Waals surface area (Å²) in [5.41, 5.74) is 5.35. The number of aromatic nitrogens is 1. The number of nitrogens with one attached hydrogen (secondary N) is 1. The number of methoxy groups -OCH3 is 1. The zero-order chi connectivity index (χ0) is 16.7. The van der Waals surface area contributed by atoms with Gasteiger partial charge in [-0.05, 0) is 36.8 Å². The molecule has 4 nitrogen and oxygen atoms in total. The summed E-state index contributed by atoms with van der Waals surface area (Å²) in [6, 6.07) is 13.8. The Labute approximate surface area is 141 Å². The normalized spacial score (nSPS) is 13.8. The first kappa shape index (κ1) is 14.8. The van der Waals surface area contributed by atoms with Crippen LogP contribution >= 0.6 is 0 Å². The number of benzene rings is 2. The molecule has 0 saturated heterocycles. The number of rotatable bonds is 2. The number of hydrogen-bond acceptors (Lipinski definition) is 2. The second kappa shape index (κ2) is 5.71. The van der Waals surface area contributed by atoms with Crippen molar-refractivity contribution < 1.29 is 9.53 Å². The van der Waals surface area contributed by atoms with Crippen molar-refractivity contribution in [3.8, 4) is 5.75 Å². The van der Waals surface area contributed by atoms with Crippen molar-refractivity contribution in [2.45, 2.75) is 19.9 Å². The van der Waals surface area contributed by atoms with Crippen molar-refractivity contribution in [1.82, 2.24) is 9.88 Å². The monoisotopic (exact) mass is 320 g/mol. The number of carbonyl (C=O) groups is 1. The molecule has 4 rings (SSSR count). The Morgan fingerprint density at radius 1 is 1.21 bits per heavy atom. The van der Waals surface area contributed by atoms with Crippen molar-refractivity contribution in [2.24, 2.45) is 0 Å². The van der Waals surface area contributed by atoms with Crippen molar-refractivity contribution >= 4 is 16.8 Å². The molecule has 0 saturated carbocycles. The molecule has 3 aromatic rings. The van der Waals surface area contributed by atoms with Crippen LogP contribution in [-0.4, -0.2) is 29.4 Å². The average Bonchev–Trinajstić information content (AvgIpc) is 2.98. The first-order chi connectivity index (χ1) is 11.7. The molecule has 1 N–H and O–H groups in total. The lowest BCUT2D eigenvalue weighted by Crippen LogP contribution is -2.36. The van der Waals surface area contributed by atoms with E-state index in [0.29, 0.717) is 6.54 Å². The Morgan fingerprint density at radius 3 is 2.83 bits per heavy atom. The van der Waals surface area contributed by atoms with Gasteiger partial charge in [0.2, 0.25) is 0 Å². The fourth-order valence-corrected chi connectivity index (χ4v) is 3.48. The van der Waals surface area contributed by atoms with Crippen LogP contribution < -0.4 is 4.74 Å². The lowest BCUT2D eigenvalue weighted by atomic mass is 10.0. The maximum atomic E-state index is 12.9. The predicted molar refractivity (Wildman–Crippen MR) is 94.5 cm³/mol. The third-order valence-electron chi connectivity index (χ3n) is 4.85. The van der Waals surface area contributed by atoms with E-state index in [0.717, 1.165) is 40.7 Å². The van der Waals surface area contributed by atoms with Crippen LogP contribution in [0.5, 0.6) is 5.75 Å². The molecule has 0 spiro atoms. The molecule has 2 aromatic carbocycles. The first-order valence-electron chi connectivity index (χ1n) is 8.20. The summed E-state index contributed by atoms with van der Waals surface area (Å²) >= 11 is 0. The molecule has 0 unspecified atom stereocenters. The quantitative estimate of drug-likeness (QED) is 0.783. The fourth-order valence-electron chi connectivity index (χ4n) is 3.48. The molecule has 0 bridgehead atoms. The smallest absolute Gasteiger partial charge is 0.254 e. The standard InChI is InChI=1S/C20H20N2O2/c1-13-5-3-4-6-15(13)20(23)22-10-9-19-17(12-22)16-11-14(24-2)7-8-18(16)21-19/h3-8,11,21H,9-10,12H2,1-2H3. The molecular formula is C20H20N2O2. The summed E-state index contributed by atoms with van der Waals surface area (Å²) in [6.45, 7) is 3.36. The van der Waals surface area contributed by atoms with E-state index in [1.165, 1.54) is 11.3 Å². The van der Waals surface area contributed by atoms with Gasteiger partial charge >= 0.3 is 0 Å². The van der Waals surface area contributed by atoms with Gasteiger partial charge in [0.1, 0.15) is 5.75 Å². The molecule has 122 valence electrons. The molecule has 1 aliphatic heterocycles. The maximum absolute atomic E-state index is 12.9. The SMILES string of the molecule is COc1ccc2[nH]c3c(c2c1)CN(C(=O)c1ccccc1C)CC3. The minimum absolute atomic E-state index is 0.107. The van der Waals surface area contributed by atoms with E-state index in [9.17, 15) is 4.79 Å². The van der Waals surface area contributed by atoms with Gasteiger partial charge in [-0.15, -0.1) is 0 Å². The molecule has 0 atom stereocenters. The summed E-state index contributed by atoms with van der Waals surface area (Å²) < 4.78 is 5.35. The molecule has 4 heteroatoms. The van der Waals surface area contributed by atoms with Gasteiger partial charge in [0.15, 0.2) is 0 Å². The van der Waals surface area contributed by atoms with Crippen molar-refractivity contribution in [3.05, 3.63) is 64.8 Å². The van der Waals surface area contributed by atoms with Gasteiger partial charge in [-0.1, -0.05) is 18.2 Å². The molecule has 2 heterocycles. The molecular weight excluding hydrogens is 300 g/mol. The van der Waals surface area contributed by atoms with Crippen LogP contribution in [0.15, 0.2) is 42.5 Å². The fraction of sp³-hybridized carbons (Fsp3) is 0.250. The van der Waals surface area contributed by atoms with E-state index < -0.39 is 0 Å². The number of aryl methyl sites for hydroxylation is 1. The van der Waals surface area contributed by atoms with Gasteiger partial charge in [-0.2, -0.15) is 0 Å². The molecule has 1 amide bonds. The highest BCUT2D eigenvalue weighted by molar-refractivity contribution is 5.96. The predicted octanol–water partition coefficient (Wildman–Crippen LogP) is 3.68. The van der Waals surface area contributed by atoms with E-state index in [4.69, 9.17) is 4.74 Å². The molecule has 0 aliphatic carbocycles. The number of fused-ring (bicyclic) bond motifs is 3. The van der Waals surface area contributed by atoms with E-state index in [1.54, 1.807) is 7.11 Å². The Bertz CT molecular complexity index is 927. The highest BCUT2D eigenvalue weighted by Gasteiger charge is 2.25. The summed E-state index contributed by atoms with van der Waals surface area (Å²) in [4.78, 5) is 18.3. The van der Waals surface area contributed by atoms with Gasteiger partial charge in [0.05, 0.1) is 7.11 Å². The molecule has 1 aliphatic rings. The first-order valence-corrected chi connectivity index (χ1v) is 8.20. The summed E-state index contributed by atoms with van der Waals surface area (Å²) in [7, 11) is 1.67. The van der Waals surface area contributed by atoms with Gasteiger partial charge in [0.25, 0.3) is 5.91 Å². The van der Waals surface area contributed by atoms with Crippen LogP contribution in [0.25, 0.3) is 10.9 Å². The van der Waals surface area contributed by atoms with E-state index in [-0.39, 0.29) is 5.91 Å². The zero-order valence-electron chi connectivity index (χ0n) is 13.9. The number of H-pyrrole nitrogens is 1.